The van der Waals surface area contributed by atoms with Gasteiger partial charge < -0.3 is 15.7 Å². The normalized spacial score (nSPS) is 13.4. The van der Waals surface area contributed by atoms with Crippen LogP contribution in [0, 0.1) is 19.7 Å². The summed E-state index contributed by atoms with van der Waals surface area (Å²) >= 11 is 1.58. The van der Waals surface area contributed by atoms with Crippen LogP contribution in [0.5, 0.6) is 0 Å². The molecule has 0 aliphatic heterocycles. The second-order valence-electron chi connectivity index (χ2n) is 5.55. The molecule has 1 atom stereocenters. The van der Waals surface area contributed by atoms with Gasteiger partial charge in [0.05, 0.1) is 23.8 Å². The van der Waals surface area contributed by atoms with Crippen LogP contribution in [-0.2, 0) is 12.1 Å². The Morgan fingerprint density at radius 2 is 1.96 bits per heavy atom. The van der Waals surface area contributed by atoms with E-state index >= 15 is 0 Å². The van der Waals surface area contributed by atoms with Crippen molar-refractivity contribution in [1.29, 1.82) is 0 Å². The lowest BCUT2D eigenvalue weighted by Gasteiger charge is -2.24. The number of aryl methyl sites for hydroxylation is 2. The van der Waals surface area contributed by atoms with Crippen molar-refractivity contribution < 1.29 is 14.3 Å². The van der Waals surface area contributed by atoms with Crippen LogP contribution in [-0.4, -0.2) is 22.7 Å². The smallest absolute Gasteiger partial charge is 0.315 e. The number of nitrogens with zero attached hydrogens (tertiary/aromatic N) is 1. The van der Waals surface area contributed by atoms with Gasteiger partial charge in [0.1, 0.15) is 11.4 Å². The summed E-state index contributed by atoms with van der Waals surface area (Å²) in [4.78, 5) is 17.3. The van der Waals surface area contributed by atoms with E-state index < -0.39 is 11.6 Å². The maximum Gasteiger partial charge on any atom is 0.315 e. The van der Waals surface area contributed by atoms with E-state index in [1.54, 1.807) is 18.3 Å². The first-order valence-electron chi connectivity index (χ1n) is 7.21. The zero-order valence-corrected chi connectivity index (χ0v) is 14.1. The van der Waals surface area contributed by atoms with Gasteiger partial charge in [0, 0.05) is 4.88 Å². The third-order valence-corrected chi connectivity index (χ3v) is 4.40. The Morgan fingerprint density at radius 3 is 2.52 bits per heavy atom. The lowest BCUT2D eigenvalue weighted by molar-refractivity contribution is 0.0593. The predicted molar refractivity (Wildman–Crippen MR) is 87.8 cm³/mol. The fourth-order valence-electron chi connectivity index (χ4n) is 2.13. The second kappa shape index (κ2) is 7.06. The lowest BCUT2D eigenvalue weighted by Crippen LogP contribution is -2.43. The molecule has 0 aliphatic carbocycles. The highest BCUT2D eigenvalue weighted by Gasteiger charge is 2.23. The second-order valence-corrected chi connectivity index (χ2v) is 6.96. The number of benzene rings is 1. The van der Waals surface area contributed by atoms with E-state index in [4.69, 9.17) is 0 Å². The number of hydrogen-bond acceptors (Lipinski definition) is 4. The molecule has 0 saturated carbocycles. The van der Waals surface area contributed by atoms with Gasteiger partial charge in [-0.2, -0.15) is 0 Å². The van der Waals surface area contributed by atoms with Gasteiger partial charge in [-0.1, -0.05) is 12.1 Å². The first-order valence-corrected chi connectivity index (χ1v) is 8.02. The predicted octanol–water partition coefficient (Wildman–Crippen LogP) is 2.61. The number of carbonyl (C=O) groups is 1. The first-order chi connectivity index (χ1) is 10.8. The molecule has 2 amide bonds. The minimum atomic E-state index is -1.28. The number of aliphatic hydroxyl groups is 1. The van der Waals surface area contributed by atoms with Gasteiger partial charge in [0.25, 0.3) is 0 Å². The zero-order valence-electron chi connectivity index (χ0n) is 13.3. The number of hydrogen-bond donors (Lipinski definition) is 3. The molecular weight excluding hydrogens is 317 g/mol. The highest BCUT2D eigenvalue weighted by atomic mass is 32.1. The quantitative estimate of drug-likeness (QED) is 0.785. The molecule has 0 spiro atoms. The number of thiazole rings is 1. The van der Waals surface area contributed by atoms with Crippen molar-refractivity contribution in [1.82, 2.24) is 15.6 Å². The molecule has 0 saturated heterocycles. The molecule has 0 aliphatic rings. The molecular formula is C16H20FN3O2S. The van der Waals surface area contributed by atoms with Crippen LogP contribution < -0.4 is 10.6 Å². The molecule has 1 heterocycles. The van der Waals surface area contributed by atoms with Gasteiger partial charge in [-0.3, -0.25) is 0 Å². The van der Waals surface area contributed by atoms with Crippen LogP contribution in [0.1, 0.15) is 28.1 Å². The third kappa shape index (κ3) is 4.74. The molecule has 7 heteroatoms. The maximum atomic E-state index is 12.9. The van der Waals surface area contributed by atoms with Crippen LogP contribution in [0.25, 0.3) is 0 Å². The van der Waals surface area contributed by atoms with Crippen LogP contribution >= 0.6 is 11.3 Å². The fourth-order valence-corrected chi connectivity index (χ4v) is 2.96. The fraction of sp³-hybridized carbons (Fsp3) is 0.375. The summed E-state index contributed by atoms with van der Waals surface area (Å²) in [5, 5.41) is 16.7. The van der Waals surface area contributed by atoms with E-state index in [0.717, 1.165) is 15.6 Å². The Kier molecular flexibility index (Phi) is 5.33. The number of carbonyl (C=O) groups excluding carboxylic acids is 1. The third-order valence-electron chi connectivity index (χ3n) is 3.48. The average molecular weight is 337 g/mol. The Bertz CT molecular complexity index is 683. The van der Waals surface area contributed by atoms with Gasteiger partial charge in [-0.05, 0) is 38.5 Å². The summed E-state index contributed by atoms with van der Waals surface area (Å²) in [5.41, 5.74) is 0.0937. The van der Waals surface area contributed by atoms with Crippen molar-refractivity contribution in [2.75, 3.05) is 6.54 Å². The zero-order chi connectivity index (χ0) is 17.0. The van der Waals surface area contributed by atoms with E-state index in [1.807, 2.05) is 13.8 Å². The summed E-state index contributed by atoms with van der Waals surface area (Å²) in [7, 11) is 0. The highest BCUT2D eigenvalue weighted by molar-refractivity contribution is 7.11. The molecule has 124 valence electrons. The van der Waals surface area contributed by atoms with Crippen molar-refractivity contribution in [3.63, 3.8) is 0 Å². The molecule has 1 aromatic carbocycles. The highest BCUT2D eigenvalue weighted by Crippen LogP contribution is 2.20. The first kappa shape index (κ1) is 17.4. The largest absolute Gasteiger partial charge is 0.384 e. The van der Waals surface area contributed by atoms with Gasteiger partial charge in [-0.25, -0.2) is 14.2 Å². The monoisotopic (exact) mass is 337 g/mol. The molecule has 3 N–H and O–H groups in total. The molecule has 2 rings (SSSR count). The summed E-state index contributed by atoms with van der Waals surface area (Å²) in [6.07, 6.45) is 0. The van der Waals surface area contributed by atoms with Crippen molar-refractivity contribution in [3.05, 3.63) is 51.2 Å². The molecule has 2 aromatic rings. The van der Waals surface area contributed by atoms with Crippen molar-refractivity contribution in [2.45, 2.75) is 32.9 Å². The number of nitrogens with one attached hydrogen (secondary N) is 2. The van der Waals surface area contributed by atoms with E-state index in [-0.39, 0.29) is 12.4 Å². The number of rotatable bonds is 5. The molecule has 1 unspecified atom stereocenters. The topological polar surface area (TPSA) is 74.2 Å². The van der Waals surface area contributed by atoms with Crippen LogP contribution in [0.4, 0.5) is 9.18 Å². The standard InChI is InChI=1S/C16H20FN3O2S/c1-10-14(20-11(2)23-10)8-18-15(21)19-9-16(3,22)12-4-6-13(17)7-5-12/h4-7,22H,8-9H2,1-3H3,(H2,18,19,21). The average Bonchev–Trinajstić information content (AvgIpc) is 2.81. The van der Waals surface area contributed by atoms with Gasteiger partial charge in [-0.15, -0.1) is 11.3 Å². The summed E-state index contributed by atoms with van der Waals surface area (Å²) in [6.45, 7) is 5.79. The SMILES string of the molecule is Cc1nc(CNC(=O)NCC(C)(O)c2ccc(F)cc2)c(C)s1. The van der Waals surface area contributed by atoms with Gasteiger partial charge in [0.2, 0.25) is 0 Å². The number of halogens is 1. The van der Waals surface area contributed by atoms with Crippen molar-refractivity contribution in [3.8, 4) is 0 Å². The molecule has 5 nitrogen and oxygen atoms in total. The Labute approximate surface area is 138 Å². The summed E-state index contributed by atoms with van der Waals surface area (Å²) < 4.78 is 12.9. The van der Waals surface area contributed by atoms with E-state index in [0.29, 0.717) is 12.1 Å². The van der Waals surface area contributed by atoms with Crippen molar-refractivity contribution in [2.24, 2.45) is 0 Å². The Hall–Kier alpha value is -1.99. The van der Waals surface area contributed by atoms with Gasteiger partial charge in [0.15, 0.2) is 0 Å². The lowest BCUT2D eigenvalue weighted by atomic mass is 9.96. The molecule has 23 heavy (non-hydrogen) atoms. The Balaban J connectivity index is 1.85. The number of amides is 2. The maximum absolute atomic E-state index is 12.9. The van der Waals surface area contributed by atoms with Crippen LogP contribution in [0.3, 0.4) is 0 Å². The minimum absolute atomic E-state index is 0.0134. The molecule has 0 bridgehead atoms. The number of aromatic nitrogens is 1. The van der Waals surface area contributed by atoms with Gasteiger partial charge >= 0.3 is 6.03 Å². The Morgan fingerprint density at radius 1 is 1.30 bits per heavy atom. The molecule has 0 radical (unpaired) electrons. The summed E-state index contributed by atoms with van der Waals surface area (Å²) in [6, 6.07) is 5.15. The van der Waals surface area contributed by atoms with E-state index in [9.17, 15) is 14.3 Å². The molecule has 0 fully saturated rings. The minimum Gasteiger partial charge on any atom is -0.384 e. The van der Waals surface area contributed by atoms with E-state index in [1.165, 1.54) is 24.3 Å². The van der Waals surface area contributed by atoms with Crippen LogP contribution in [0.2, 0.25) is 0 Å². The summed E-state index contributed by atoms with van der Waals surface area (Å²) in [5.74, 6) is -0.371. The van der Waals surface area contributed by atoms with Crippen molar-refractivity contribution >= 4 is 17.4 Å². The number of urea groups is 1. The molecule has 1 aromatic heterocycles. The van der Waals surface area contributed by atoms with Crippen LogP contribution in [0.15, 0.2) is 24.3 Å². The van der Waals surface area contributed by atoms with E-state index in [2.05, 4.69) is 15.6 Å².